The van der Waals surface area contributed by atoms with Gasteiger partial charge in [-0.1, -0.05) is 6.07 Å². The van der Waals surface area contributed by atoms with Crippen LogP contribution in [-0.2, 0) is 6.18 Å². The molecule has 1 heterocycles. The molecule has 1 aromatic rings. The van der Waals surface area contributed by atoms with Crippen molar-refractivity contribution in [2.75, 3.05) is 6.54 Å². The Morgan fingerprint density at radius 1 is 1.29 bits per heavy atom. The standard InChI is InChI=1S/C15H20F4N2/c1-9(2)21-7-3-4-13(20)14(21)10-5-6-12(16)11(8-10)15(17,18)19/h5-6,8-9,13-14H,3-4,7,20H2,1-2H3. The number of halogens is 4. The fourth-order valence-corrected chi connectivity index (χ4v) is 3.01. The Kier molecular flexibility index (Phi) is 4.58. The van der Waals surface area contributed by atoms with Gasteiger partial charge in [0.05, 0.1) is 11.6 Å². The normalized spacial score (nSPS) is 24.6. The molecule has 2 N–H and O–H groups in total. The number of piperidine rings is 1. The van der Waals surface area contributed by atoms with E-state index in [0.29, 0.717) is 5.56 Å². The summed E-state index contributed by atoms with van der Waals surface area (Å²) in [7, 11) is 0. The van der Waals surface area contributed by atoms with Crippen molar-refractivity contribution in [2.45, 2.75) is 51.0 Å². The summed E-state index contributed by atoms with van der Waals surface area (Å²) in [6.07, 6.45) is -3.02. The number of likely N-dealkylation sites (tertiary alicyclic amines) is 1. The summed E-state index contributed by atoms with van der Waals surface area (Å²) in [5.41, 5.74) is 5.33. The topological polar surface area (TPSA) is 29.3 Å². The molecule has 2 unspecified atom stereocenters. The molecule has 21 heavy (non-hydrogen) atoms. The highest BCUT2D eigenvalue weighted by Gasteiger charge is 2.37. The van der Waals surface area contributed by atoms with E-state index in [1.165, 1.54) is 6.07 Å². The molecule has 1 aliphatic rings. The average Bonchev–Trinajstić information content (AvgIpc) is 2.38. The van der Waals surface area contributed by atoms with E-state index >= 15 is 0 Å². The first-order valence-corrected chi connectivity index (χ1v) is 7.09. The molecule has 118 valence electrons. The van der Waals surface area contributed by atoms with Gasteiger partial charge in [-0.3, -0.25) is 4.90 Å². The summed E-state index contributed by atoms with van der Waals surface area (Å²) < 4.78 is 52.0. The van der Waals surface area contributed by atoms with Crippen molar-refractivity contribution in [3.63, 3.8) is 0 Å². The minimum atomic E-state index is -4.69. The predicted molar refractivity (Wildman–Crippen MR) is 73.2 cm³/mol. The van der Waals surface area contributed by atoms with Crippen LogP contribution in [0.1, 0.15) is 43.9 Å². The van der Waals surface area contributed by atoms with Crippen LogP contribution in [0.25, 0.3) is 0 Å². The van der Waals surface area contributed by atoms with E-state index < -0.39 is 17.6 Å². The van der Waals surface area contributed by atoms with E-state index in [9.17, 15) is 17.6 Å². The molecule has 0 saturated carbocycles. The van der Waals surface area contributed by atoms with Gasteiger partial charge in [0.2, 0.25) is 0 Å². The van der Waals surface area contributed by atoms with E-state index in [1.54, 1.807) is 0 Å². The van der Waals surface area contributed by atoms with Gasteiger partial charge in [-0.05, 0) is 50.9 Å². The van der Waals surface area contributed by atoms with Gasteiger partial charge >= 0.3 is 6.18 Å². The van der Waals surface area contributed by atoms with Crippen LogP contribution in [-0.4, -0.2) is 23.5 Å². The number of rotatable bonds is 2. The van der Waals surface area contributed by atoms with Gasteiger partial charge in [0.1, 0.15) is 5.82 Å². The molecular formula is C15H20F4N2. The second-order valence-electron chi connectivity index (χ2n) is 5.82. The zero-order chi connectivity index (χ0) is 15.8. The summed E-state index contributed by atoms with van der Waals surface area (Å²) in [5, 5.41) is 0. The van der Waals surface area contributed by atoms with Gasteiger partial charge in [0.25, 0.3) is 0 Å². The zero-order valence-electron chi connectivity index (χ0n) is 12.1. The number of benzene rings is 1. The second-order valence-corrected chi connectivity index (χ2v) is 5.82. The van der Waals surface area contributed by atoms with Gasteiger partial charge in [0, 0.05) is 12.1 Å². The van der Waals surface area contributed by atoms with Gasteiger partial charge in [0.15, 0.2) is 0 Å². The van der Waals surface area contributed by atoms with Crippen LogP contribution in [0.2, 0.25) is 0 Å². The molecule has 2 atom stereocenters. The summed E-state index contributed by atoms with van der Waals surface area (Å²) in [6.45, 7) is 4.76. The van der Waals surface area contributed by atoms with Crippen LogP contribution in [0.15, 0.2) is 18.2 Å². The maximum Gasteiger partial charge on any atom is 0.419 e. The predicted octanol–water partition coefficient (Wildman–Crippen LogP) is 3.72. The number of nitrogens with two attached hydrogens (primary N) is 1. The third kappa shape index (κ3) is 3.37. The lowest BCUT2D eigenvalue weighted by Crippen LogP contribution is -2.48. The largest absolute Gasteiger partial charge is 0.419 e. The minimum absolute atomic E-state index is 0.167. The lowest BCUT2D eigenvalue weighted by Gasteiger charge is -2.42. The highest BCUT2D eigenvalue weighted by Crippen LogP contribution is 2.37. The SMILES string of the molecule is CC(C)N1CCCC(N)C1c1ccc(F)c(C(F)(F)F)c1. The van der Waals surface area contributed by atoms with E-state index in [0.717, 1.165) is 31.5 Å². The smallest absolute Gasteiger partial charge is 0.326 e. The molecule has 1 aromatic carbocycles. The maximum atomic E-state index is 13.4. The third-order valence-electron chi connectivity index (χ3n) is 4.02. The molecule has 1 aliphatic heterocycles. The molecule has 6 heteroatoms. The molecule has 0 aromatic heterocycles. The van der Waals surface area contributed by atoms with Crippen LogP contribution in [0.4, 0.5) is 17.6 Å². The van der Waals surface area contributed by atoms with E-state index in [4.69, 9.17) is 5.73 Å². The highest BCUT2D eigenvalue weighted by atomic mass is 19.4. The van der Waals surface area contributed by atoms with E-state index in [-0.39, 0.29) is 18.1 Å². The molecule has 0 spiro atoms. The van der Waals surface area contributed by atoms with Gasteiger partial charge in [-0.2, -0.15) is 13.2 Å². The van der Waals surface area contributed by atoms with Crippen molar-refractivity contribution in [2.24, 2.45) is 5.73 Å². The molecule has 1 fully saturated rings. The Hall–Kier alpha value is -1.14. The quantitative estimate of drug-likeness (QED) is 0.844. The van der Waals surface area contributed by atoms with E-state index in [2.05, 4.69) is 4.90 Å². The van der Waals surface area contributed by atoms with Crippen molar-refractivity contribution in [1.82, 2.24) is 4.90 Å². The molecule has 0 aliphatic carbocycles. The Morgan fingerprint density at radius 3 is 2.52 bits per heavy atom. The Balaban J connectivity index is 2.43. The molecule has 0 amide bonds. The maximum absolute atomic E-state index is 13.4. The van der Waals surface area contributed by atoms with Crippen LogP contribution in [0, 0.1) is 5.82 Å². The summed E-state index contributed by atoms with van der Waals surface area (Å²) >= 11 is 0. The zero-order valence-corrected chi connectivity index (χ0v) is 12.1. The molecular weight excluding hydrogens is 284 g/mol. The number of hydrogen-bond donors (Lipinski definition) is 1. The monoisotopic (exact) mass is 304 g/mol. The molecule has 2 rings (SSSR count). The van der Waals surface area contributed by atoms with E-state index in [1.807, 2.05) is 13.8 Å². The molecule has 1 saturated heterocycles. The highest BCUT2D eigenvalue weighted by molar-refractivity contribution is 5.31. The van der Waals surface area contributed by atoms with Crippen molar-refractivity contribution >= 4 is 0 Å². The third-order valence-corrected chi connectivity index (χ3v) is 4.02. The van der Waals surface area contributed by atoms with Crippen LogP contribution >= 0.6 is 0 Å². The fourth-order valence-electron chi connectivity index (χ4n) is 3.01. The summed E-state index contributed by atoms with van der Waals surface area (Å²) in [5.74, 6) is -1.24. The number of nitrogens with zero attached hydrogens (tertiary/aromatic N) is 1. The van der Waals surface area contributed by atoms with Crippen molar-refractivity contribution in [3.8, 4) is 0 Å². The Morgan fingerprint density at radius 2 is 1.95 bits per heavy atom. The number of alkyl halides is 3. The van der Waals surface area contributed by atoms with Crippen LogP contribution in [0.3, 0.4) is 0 Å². The lowest BCUT2D eigenvalue weighted by molar-refractivity contribution is -0.140. The van der Waals surface area contributed by atoms with Crippen LogP contribution in [0.5, 0.6) is 0 Å². The van der Waals surface area contributed by atoms with Gasteiger partial charge in [-0.15, -0.1) is 0 Å². The van der Waals surface area contributed by atoms with Gasteiger partial charge in [-0.25, -0.2) is 4.39 Å². The fraction of sp³-hybridized carbons (Fsp3) is 0.600. The van der Waals surface area contributed by atoms with Crippen LogP contribution < -0.4 is 5.73 Å². The lowest BCUT2D eigenvalue weighted by atomic mass is 9.89. The van der Waals surface area contributed by atoms with Crippen molar-refractivity contribution in [1.29, 1.82) is 0 Å². The molecule has 2 nitrogen and oxygen atoms in total. The Bertz CT molecular complexity index is 499. The van der Waals surface area contributed by atoms with Crippen molar-refractivity contribution < 1.29 is 17.6 Å². The average molecular weight is 304 g/mol. The Labute approximate surface area is 121 Å². The first-order valence-electron chi connectivity index (χ1n) is 7.09. The van der Waals surface area contributed by atoms with Crippen molar-refractivity contribution in [3.05, 3.63) is 35.1 Å². The molecule has 0 radical (unpaired) electrons. The summed E-state index contributed by atoms with van der Waals surface area (Å²) in [6, 6.07) is 2.82. The summed E-state index contributed by atoms with van der Waals surface area (Å²) in [4.78, 5) is 2.08. The molecule has 0 bridgehead atoms. The van der Waals surface area contributed by atoms with Gasteiger partial charge < -0.3 is 5.73 Å². The first kappa shape index (κ1) is 16.2. The second kappa shape index (κ2) is 5.93. The number of hydrogen-bond acceptors (Lipinski definition) is 2. The minimum Gasteiger partial charge on any atom is -0.326 e. The first-order chi connectivity index (χ1) is 9.71.